The molecule has 0 bridgehead atoms. The minimum Gasteiger partial charge on any atom is -0.490 e. The summed E-state index contributed by atoms with van der Waals surface area (Å²) in [5, 5.41) is 3.32. The maximum absolute atomic E-state index is 13.8. The van der Waals surface area contributed by atoms with Crippen LogP contribution in [0.4, 0.5) is 15.8 Å². The highest BCUT2D eigenvalue weighted by Gasteiger charge is 2.13. The SMILES string of the molecule is CCCOc1cc(NC(C)c2ccc(C)s2)c(N)cc1F. The molecular formula is C16H21FN2OS. The third-order valence-corrected chi connectivity index (χ3v) is 4.31. The van der Waals surface area contributed by atoms with Crippen LogP contribution in [0.3, 0.4) is 0 Å². The smallest absolute Gasteiger partial charge is 0.167 e. The number of nitrogens with one attached hydrogen (secondary N) is 1. The summed E-state index contributed by atoms with van der Waals surface area (Å²) < 4.78 is 19.2. The predicted octanol–water partition coefficient (Wildman–Crippen LogP) is 4.74. The van der Waals surface area contributed by atoms with Crippen LogP contribution in [0.2, 0.25) is 0 Å². The average molecular weight is 308 g/mol. The number of rotatable bonds is 6. The van der Waals surface area contributed by atoms with Crippen LogP contribution >= 0.6 is 11.3 Å². The van der Waals surface area contributed by atoms with Gasteiger partial charge in [-0.1, -0.05) is 6.92 Å². The molecular weight excluding hydrogens is 287 g/mol. The van der Waals surface area contributed by atoms with E-state index in [1.165, 1.54) is 15.8 Å². The van der Waals surface area contributed by atoms with Crippen molar-refractivity contribution in [3.63, 3.8) is 0 Å². The highest BCUT2D eigenvalue weighted by atomic mass is 32.1. The minimum atomic E-state index is -0.425. The van der Waals surface area contributed by atoms with Gasteiger partial charge in [0.25, 0.3) is 0 Å². The summed E-state index contributed by atoms with van der Waals surface area (Å²) in [6, 6.07) is 7.22. The highest BCUT2D eigenvalue weighted by molar-refractivity contribution is 7.12. The van der Waals surface area contributed by atoms with Crippen LogP contribution in [0.25, 0.3) is 0 Å². The van der Waals surface area contributed by atoms with Crippen LogP contribution in [-0.4, -0.2) is 6.61 Å². The Hall–Kier alpha value is -1.75. The van der Waals surface area contributed by atoms with Crippen LogP contribution in [-0.2, 0) is 0 Å². The zero-order chi connectivity index (χ0) is 15.4. The van der Waals surface area contributed by atoms with Crippen molar-refractivity contribution in [2.75, 3.05) is 17.7 Å². The molecule has 114 valence electrons. The van der Waals surface area contributed by atoms with Crippen molar-refractivity contribution in [1.29, 1.82) is 0 Å². The lowest BCUT2D eigenvalue weighted by molar-refractivity contribution is 0.301. The van der Waals surface area contributed by atoms with E-state index in [1.54, 1.807) is 17.4 Å². The maximum atomic E-state index is 13.8. The van der Waals surface area contributed by atoms with Gasteiger partial charge < -0.3 is 15.8 Å². The van der Waals surface area contributed by atoms with Crippen LogP contribution in [0.1, 0.15) is 36.1 Å². The Labute approximate surface area is 128 Å². The summed E-state index contributed by atoms with van der Waals surface area (Å²) in [7, 11) is 0. The highest BCUT2D eigenvalue weighted by Crippen LogP contribution is 2.32. The van der Waals surface area contributed by atoms with E-state index in [0.29, 0.717) is 18.0 Å². The van der Waals surface area contributed by atoms with Crippen molar-refractivity contribution < 1.29 is 9.13 Å². The third kappa shape index (κ3) is 3.88. The summed E-state index contributed by atoms with van der Waals surface area (Å²) in [4.78, 5) is 2.48. The summed E-state index contributed by atoms with van der Waals surface area (Å²) in [5.74, 6) is -0.186. The first-order valence-electron chi connectivity index (χ1n) is 7.06. The summed E-state index contributed by atoms with van der Waals surface area (Å²) >= 11 is 1.73. The summed E-state index contributed by atoms with van der Waals surface area (Å²) in [5.41, 5.74) is 6.98. The number of aryl methyl sites for hydroxylation is 1. The standard InChI is InChI=1S/C16H21FN2OS/c1-4-7-20-15-9-14(13(18)8-12(15)17)19-11(3)16-6-5-10(2)21-16/h5-6,8-9,11,19H,4,7,18H2,1-3H3. The number of benzene rings is 1. The molecule has 0 aliphatic carbocycles. The molecule has 21 heavy (non-hydrogen) atoms. The Morgan fingerprint density at radius 2 is 2.14 bits per heavy atom. The Bertz CT molecular complexity index is 612. The molecule has 2 aromatic rings. The molecule has 0 fully saturated rings. The number of thiophene rings is 1. The molecule has 0 amide bonds. The topological polar surface area (TPSA) is 47.3 Å². The van der Waals surface area contributed by atoms with Crippen molar-refractivity contribution in [2.45, 2.75) is 33.2 Å². The Kier molecular flexibility index (Phi) is 5.07. The third-order valence-electron chi connectivity index (χ3n) is 3.13. The van der Waals surface area contributed by atoms with Gasteiger partial charge in [0, 0.05) is 21.9 Å². The van der Waals surface area contributed by atoms with Gasteiger partial charge in [0.2, 0.25) is 0 Å². The van der Waals surface area contributed by atoms with Gasteiger partial charge in [-0.15, -0.1) is 11.3 Å². The van der Waals surface area contributed by atoms with Crippen LogP contribution in [0.5, 0.6) is 5.75 Å². The number of hydrogen-bond acceptors (Lipinski definition) is 4. The average Bonchev–Trinajstić information content (AvgIpc) is 2.87. The van der Waals surface area contributed by atoms with Crippen molar-refractivity contribution in [2.24, 2.45) is 0 Å². The zero-order valence-corrected chi connectivity index (χ0v) is 13.4. The Morgan fingerprint density at radius 3 is 2.76 bits per heavy atom. The maximum Gasteiger partial charge on any atom is 0.167 e. The van der Waals surface area contributed by atoms with Gasteiger partial charge in [0.1, 0.15) is 0 Å². The minimum absolute atomic E-state index is 0.107. The molecule has 3 N–H and O–H groups in total. The Balaban J connectivity index is 2.18. The first kappa shape index (κ1) is 15.6. The van der Waals surface area contributed by atoms with Crippen molar-refractivity contribution in [3.8, 4) is 5.75 Å². The fourth-order valence-electron chi connectivity index (χ4n) is 2.01. The largest absolute Gasteiger partial charge is 0.490 e. The molecule has 1 atom stereocenters. The normalized spacial score (nSPS) is 12.2. The monoisotopic (exact) mass is 308 g/mol. The van der Waals surface area contributed by atoms with Gasteiger partial charge in [-0.3, -0.25) is 0 Å². The fraction of sp³-hybridized carbons (Fsp3) is 0.375. The van der Waals surface area contributed by atoms with Crippen molar-refractivity contribution in [1.82, 2.24) is 0 Å². The molecule has 0 saturated heterocycles. The van der Waals surface area contributed by atoms with Gasteiger partial charge in [-0.2, -0.15) is 0 Å². The molecule has 0 aliphatic rings. The van der Waals surface area contributed by atoms with E-state index < -0.39 is 5.82 Å². The number of halogens is 1. The van der Waals surface area contributed by atoms with Gasteiger partial charge in [-0.05, 0) is 32.4 Å². The molecule has 2 rings (SSSR count). The van der Waals surface area contributed by atoms with E-state index in [-0.39, 0.29) is 11.8 Å². The second-order valence-electron chi connectivity index (χ2n) is 5.03. The van der Waals surface area contributed by atoms with Gasteiger partial charge in [0.15, 0.2) is 11.6 Å². The van der Waals surface area contributed by atoms with Crippen LogP contribution in [0.15, 0.2) is 24.3 Å². The molecule has 5 heteroatoms. The van der Waals surface area contributed by atoms with E-state index in [9.17, 15) is 4.39 Å². The lowest BCUT2D eigenvalue weighted by Crippen LogP contribution is -2.08. The molecule has 1 aromatic carbocycles. The summed E-state index contributed by atoms with van der Waals surface area (Å²) in [6.45, 7) is 6.60. The summed E-state index contributed by atoms with van der Waals surface area (Å²) in [6.07, 6.45) is 0.831. The number of anilines is 2. The van der Waals surface area contributed by atoms with Crippen molar-refractivity contribution >= 4 is 22.7 Å². The quantitative estimate of drug-likeness (QED) is 0.758. The van der Waals surface area contributed by atoms with E-state index >= 15 is 0 Å². The molecule has 0 radical (unpaired) electrons. The molecule has 1 heterocycles. The van der Waals surface area contributed by atoms with Gasteiger partial charge in [0.05, 0.1) is 24.0 Å². The molecule has 0 saturated carbocycles. The number of ether oxygens (including phenoxy) is 1. The molecule has 1 unspecified atom stereocenters. The number of hydrogen-bond donors (Lipinski definition) is 2. The first-order valence-corrected chi connectivity index (χ1v) is 7.87. The van der Waals surface area contributed by atoms with Crippen molar-refractivity contribution in [3.05, 3.63) is 39.8 Å². The second-order valence-corrected chi connectivity index (χ2v) is 6.35. The van der Waals surface area contributed by atoms with E-state index in [0.717, 1.165) is 6.42 Å². The van der Waals surface area contributed by atoms with E-state index in [4.69, 9.17) is 10.5 Å². The first-order chi connectivity index (χ1) is 10.0. The second kappa shape index (κ2) is 6.80. The Morgan fingerprint density at radius 1 is 1.38 bits per heavy atom. The van der Waals surface area contributed by atoms with Gasteiger partial charge in [-0.25, -0.2) is 4.39 Å². The number of nitrogen functional groups attached to an aromatic ring is 1. The predicted molar refractivity (Wildman–Crippen MR) is 87.7 cm³/mol. The van der Waals surface area contributed by atoms with E-state index in [2.05, 4.69) is 31.3 Å². The fourth-order valence-corrected chi connectivity index (χ4v) is 2.89. The number of nitrogens with two attached hydrogens (primary N) is 1. The zero-order valence-electron chi connectivity index (χ0n) is 12.6. The van der Waals surface area contributed by atoms with Crippen LogP contribution < -0.4 is 15.8 Å². The molecule has 3 nitrogen and oxygen atoms in total. The lowest BCUT2D eigenvalue weighted by atomic mass is 10.2. The molecule has 0 spiro atoms. The van der Waals surface area contributed by atoms with Crippen LogP contribution in [0, 0.1) is 12.7 Å². The van der Waals surface area contributed by atoms with Gasteiger partial charge >= 0.3 is 0 Å². The molecule has 1 aromatic heterocycles. The molecule has 0 aliphatic heterocycles. The lowest BCUT2D eigenvalue weighted by Gasteiger charge is -2.17. The van der Waals surface area contributed by atoms with E-state index in [1.807, 2.05) is 6.92 Å².